The van der Waals surface area contributed by atoms with Gasteiger partial charge in [0.15, 0.2) is 0 Å². The Morgan fingerprint density at radius 1 is 1.50 bits per heavy atom. The molecule has 0 aromatic carbocycles. The molecule has 1 fully saturated rings. The van der Waals surface area contributed by atoms with E-state index >= 15 is 0 Å². The fraction of sp³-hybridized carbons (Fsp3) is 1.00. The molecule has 1 aliphatic heterocycles. The van der Waals surface area contributed by atoms with Crippen molar-refractivity contribution in [3.8, 4) is 0 Å². The molecular formula is C10H21NO. The maximum absolute atomic E-state index is 5.19. The number of nitrogens with one attached hydrogen (secondary N) is 1. The second-order valence-corrected chi connectivity index (χ2v) is 4.37. The van der Waals surface area contributed by atoms with Crippen molar-refractivity contribution in [3.05, 3.63) is 0 Å². The van der Waals surface area contributed by atoms with Gasteiger partial charge < -0.3 is 10.1 Å². The smallest absolute Gasteiger partial charge is 0.0554 e. The lowest BCUT2D eigenvalue weighted by molar-refractivity contribution is -0.0999. The fourth-order valence-electron chi connectivity index (χ4n) is 1.51. The molecule has 1 N–H and O–H groups in total. The molecule has 2 nitrogen and oxygen atoms in total. The SMILES string of the molecule is CCCC(C)NCC1(C)COC1. The topological polar surface area (TPSA) is 21.3 Å². The molecule has 0 aromatic heterocycles. The maximum atomic E-state index is 5.19. The van der Waals surface area contributed by atoms with Crippen LogP contribution in [0, 0.1) is 5.41 Å². The molecule has 12 heavy (non-hydrogen) atoms. The zero-order valence-corrected chi connectivity index (χ0v) is 8.52. The number of hydrogen-bond acceptors (Lipinski definition) is 2. The third kappa shape index (κ3) is 2.76. The largest absolute Gasteiger partial charge is 0.380 e. The van der Waals surface area contributed by atoms with E-state index in [4.69, 9.17) is 4.74 Å². The second-order valence-electron chi connectivity index (χ2n) is 4.37. The van der Waals surface area contributed by atoms with Crippen LogP contribution in [0.15, 0.2) is 0 Å². The number of hydrogen-bond donors (Lipinski definition) is 1. The van der Waals surface area contributed by atoms with Gasteiger partial charge in [-0.05, 0) is 13.3 Å². The van der Waals surface area contributed by atoms with Gasteiger partial charge >= 0.3 is 0 Å². The van der Waals surface area contributed by atoms with Gasteiger partial charge in [0.05, 0.1) is 13.2 Å². The Bertz CT molecular complexity index is 132. The van der Waals surface area contributed by atoms with E-state index in [0.29, 0.717) is 11.5 Å². The van der Waals surface area contributed by atoms with Gasteiger partial charge in [-0.2, -0.15) is 0 Å². The summed E-state index contributed by atoms with van der Waals surface area (Å²) in [4.78, 5) is 0. The maximum Gasteiger partial charge on any atom is 0.0554 e. The summed E-state index contributed by atoms with van der Waals surface area (Å²) in [6, 6.07) is 0.660. The third-order valence-corrected chi connectivity index (χ3v) is 2.50. The average Bonchev–Trinajstić information content (AvgIpc) is 1.98. The lowest BCUT2D eigenvalue weighted by Gasteiger charge is -2.39. The molecule has 2 heteroatoms. The second kappa shape index (κ2) is 4.24. The van der Waals surface area contributed by atoms with E-state index in [0.717, 1.165) is 19.8 Å². The highest BCUT2D eigenvalue weighted by molar-refractivity contribution is 4.83. The fourth-order valence-corrected chi connectivity index (χ4v) is 1.51. The van der Waals surface area contributed by atoms with Crippen LogP contribution in [0.5, 0.6) is 0 Å². The minimum Gasteiger partial charge on any atom is -0.380 e. The van der Waals surface area contributed by atoms with E-state index in [2.05, 4.69) is 26.1 Å². The van der Waals surface area contributed by atoms with Crippen LogP contribution in [0.2, 0.25) is 0 Å². The summed E-state index contributed by atoms with van der Waals surface area (Å²) in [6.45, 7) is 9.73. The van der Waals surface area contributed by atoms with Gasteiger partial charge in [0.2, 0.25) is 0 Å². The standard InChI is InChI=1S/C10H21NO/c1-4-5-9(2)11-6-10(3)7-12-8-10/h9,11H,4-8H2,1-3H3. The predicted molar refractivity (Wildman–Crippen MR) is 51.3 cm³/mol. The Kier molecular flexibility index (Phi) is 3.53. The molecule has 1 unspecified atom stereocenters. The predicted octanol–water partition coefficient (Wildman–Crippen LogP) is 1.80. The molecule has 0 aliphatic carbocycles. The first-order chi connectivity index (χ1) is 5.66. The van der Waals surface area contributed by atoms with Crippen molar-refractivity contribution in [2.45, 2.75) is 39.7 Å². The van der Waals surface area contributed by atoms with Crippen molar-refractivity contribution in [2.75, 3.05) is 19.8 Å². The van der Waals surface area contributed by atoms with E-state index in [1.807, 2.05) is 0 Å². The Morgan fingerprint density at radius 3 is 2.58 bits per heavy atom. The van der Waals surface area contributed by atoms with Crippen molar-refractivity contribution in [1.82, 2.24) is 5.32 Å². The zero-order valence-electron chi connectivity index (χ0n) is 8.52. The highest BCUT2D eigenvalue weighted by Gasteiger charge is 2.32. The van der Waals surface area contributed by atoms with Crippen LogP contribution in [-0.2, 0) is 4.74 Å². The zero-order chi connectivity index (χ0) is 9.03. The summed E-state index contributed by atoms with van der Waals surface area (Å²) in [5.41, 5.74) is 0.419. The molecule has 0 radical (unpaired) electrons. The van der Waals surface area contributed by atoms with Gasteiger partial charge in [-0.25, -0.2) is 0 Å². The summed E-state index contributed by atoms with van der Waals surface area (Å²) in [7, 11) is 0. The van der Waals surface area contributed by atoms with Crippen molar-refractivity contribution >= 4 is 0 Å². The third-order valence-electron chi connectivity index (χ3n) is 2.50. The number of ether oxygens (including phenoxy) is 1. The molecular weight excluding hydrogens is 150 g/mol. The average molecular weight is 171 g/mol. The molecule has 0 spiro atoms. The molecule has 72 valence electrons. The molecule has 1 aliphatic rings. The van der Waals surface area contributed by atoms with Crippen LogP contribution in [0.3, 0.4) is 0 Å². The van der Waals surface area contributed by atoms with Gasteiger partial charge in [-0.1, -0.05) is 20.3 Å². The van der Waals surface area contributed by atoms with Crippen LogP contribution >= 0.6 is 0 Å². The van der Waals surface area contributed by atoms with Crippen LogP contribution in [0.25, 0.3) is 0 Å². The van der Waals surface area contributed by atoms with E-state index in [9.17, 15) is 0 Å². The van der Waals surface area contributed by atoms with Crippen molar-refractivity contribution in [3.63, 3.8) is 0 Å². The Labute approximate surface area is 75.7 Å². The van der Waals surface area contributed by atoms with Crippen molar-refractivity contribution in [1.29, 1.82) is 0 Å². The van der Waals surface area contributed by atoms with Gasteiger partial charge in [-0.3, -0.25) is 0 Å². The molecule has 1 saturated heterocycles. The van der Waals surface area contributed by atoms with E-state index < -0.39 is 0 Å². The first-order valence-electron chi connectivity index (χ1n) is 4.97. The normalized spacial score (nSPS) is 23.2. The van der Waals surface area contributed by atoms with Crippen LogP contribution < -0.4 is 5.32 Å². The monoisotopic (exact) mass is 171 g/mol. The quantitative estimate of drug-likeness (QED) is 0.681. The lowest BCUT2D eigenvalue weighted by atomic mass is 9.88. The molecule has 0 aromatic rings. The van der Waals surface area contributed by atoms with Crippen LogP contribution in [-0.4, -0.2) is 25.8 Å². The first kappa shape index (κ1) is 10.0. The highest BCUT2D eigenvalue weighted by Crippen LogP contribution is 2.25. The molecule has 0 saturated carbocycles. The lowest BCUT2D eigenvalue weighted by Crippen LogP contribution is -2.49. The van der Waals surface area contributed by atoms with Gasteiger partial charge in [0, 0.05) is 18.0 Å². The highest BCUT2D eigenvalue weighted by atomic mass is 16.5. The summed E-state index contributed by atoms with van der Waals surface area (Å²) in [6.07, 6.45) is 2.54. The van der Waals surface area contributed by atoms with Crippen molar-refractivity contribution in [2.24, 2.45) is 5.41 Å². The van der Waals surface area contributed by atoms with Gasteiger partial charge in [0.1, 0.15) is 0 Å². The summed E-state index contributed by atoms with van der Waals surface area (Å²) < 4.78 is 5.19. The van der Waals surface area contributed by atoms with Gasteiger partial charge in [0.25, 0.3) is 0 Å². The Hall–Kier alpha value is -0.0800. The molecule has 0 amide bonds. The summed E-state index contributed by atoms with van der Waals surface area (Å²) in [5, 5.41) is 3.55. The van der Waals surface area contributed by atoms with E-state index in [-0.39, 0.29) is 0 Å². The number of rotatable bonds is 5. The first-order valence-corrected chi connectivity index (χ1v) is 4.97. The Balaban J connectivity index is 2.07. The molecule has 1 rings (SSSR count). The minimum atomic E-state index is 0.419. The van der Waals surface area contributed by atoms with E-state index in [1.165, 1.54) is 12.8 Å². The summed E-state index contributed by atoms with van der Waals surface area (Å²) in [5.74, 6) is 0. The summed E-state index contributed by atoms with van der Waals surface area (Å²) >= 11 is 0. The van der Waals surface area contributed by atoms with Crippen LogP contribution in [0.4, 0.5) is 0 Å². The van der Waals surface area contributed by atoms with Gasteiger partial charge in [-0.15, -0.1) is 0 Å². The minimum absolute atomic E-state index is 0.419. The van der Waals surface area contributed by atoms with E-state index in [1.54, 1.807) is 0 Å². The van der Waals surface area contributed by atoms with Crippen LogP contribution in [0.1, 0.15) is 33.6 Å². The molecule has 1 heterocycles. The van der Waals surface area contributed by atoms with Crippen molar-refractivity contribution < 1.29 is 4.74 Å². The molecule has 0 bridgehead atoms. The molecule has 1 atom stereocenters. The Morgan fingerprint density at radius 2 is 2.17 bits per heavy atom.